The second-order valence-electron chi connectivity index (χ2n) is 28.1. The van der Waals surface area contributed by atoms with Gasteiger partial charge in [0.15, 0.2) is 0 Å². The molecule has 88 heavy (non-hydrogen) atoms. The van der Waals surface area contributed by atoms with Gasteiger partial charge in [0.05, 0.1) is 25.4 Å². The first-order valence-corrected chi connectivity index (χ1v) is 40.6. The maximum absolute atomic E-state index is 12.6. The van der Waals surface area contributed by atoms with Gasteiger partial charge in [0, 0.05) is 12.8 Å². The Morgan fingerprint density at radius 1 is 0.318 bits per heavy atom. The lowest BCUT2D eigenvalue weighted by Gasteiger charge is -2.22. The van der Waals surface area contributed by atoms with Gasteiger partial charge in [0.1, 0.15) is 0 Å². The lowest BCUT2D eigenvalue weighted by molar-refractivity contribution is -0.143. The number of rotatable bonds is 77. The molecule has 0 aromatic carbocycles. The average molecular weight is 1240 g/mol. The van der Waals surface area contributed by atoms with Crippen molar-refractivity contribution in [3.8, 4) is 0 Å². The zero-order chi connectivity index (χ0) is 63.5. The SMILES string of the molecule is CCCCCCCCCCCCCCCCCCCCCC(O)C(CO)NC(=O)CCCCCCCCCCCCCCCCCCC/C=C\C/C=C\CCCCCCCCCCCCCOC(=O)CCCCCCCCCCCCCCCCCCC. The van der Waals surface area contributed by atoms with E-state index in [1.165, 1.54) is 385 Å². The summed E-state index contributed by atoms with van der Waals surface area (Å²) in [5.41, 5.74) is 0. The molecule has 3 N–H and O–H groups in total. The van der Waals surface area contributed by atoms with Crippen molar-refractivity contribution >= 4 is 11.9 Å². The molecule has 0 saturated heterocycles. The molecule has 6 heteroatoms. The normalized spacial score (nSPS) is 12.5. The summed E-state index contributed by atoms with van der Waals surface area (Å²) in [5, 5.41) is 23.4. The number of nitrogens with one attached hydrogen (secondary N) is 1. The summed E-state index contributed by atoms with van der Waals surface area (Å²) in [6, 6.07) is -0.540. The van der Waals surface area contributed by atoms with Crippen LogP contribution in [0, 0.1) is 0 Å². The van der Waals surface area contributed by atoms with Crippen molar-refractivity contribution in [2.75, 3.05) is 13.2 Å². The monoisotopic (exact) mass is 1240 g/mol. The van der Waals surface area contributed by atoms with E-state index >= 15 is 0 Å². The minimum Gasteiger partial charge on any atom is -0.466 e. The Bertz CT molecular complexity index is 1380. The Hall–Kier alpha value is -1.66. The number of ether oxygens (including phenoxy) is 1. The molecule has 0 aromatic heterocycles. The van der Waals surface area contributed by atoms with Gasteiger partial charge in [-0.05, 0) is 57.8 Å². The van der Waals surface area contributed by atoms with E-state index in [1.807, 2.05) is 0 Å². The van der Waals surface area contributed by atoms with E-state index in [4.69, 9.17) is 4.74 Å². The van der Waals surface area contributed by atoms with Crippen LogP contribution in [-0.2, 0) is 14.3 Å². The lowest BCUT2D eigenvalue weighted by Crippen LogP contribution is -2.45. The number of esters is 1. The third kappa shape index (κ3) is 73.4. The first-order chi connectivity index (χ1) is 43.5. The van der Waals surface area contributed by atoms with Gasteiger partial charge in [-0.25, -0.2) is 0 Å². The van der Waals surface area contributed by atoms with Gasteiger partial charge in [0.2, 0.25) is 5.91 Å². The molecule has 0 spiro atoms. The van der Waals surface area contributed by atoms with Crippen LogP contribution in [0.5, 0.6) is 0 Å². The molecular weight excluding hydrogens is 1080 g/mol. The van der Waals surface area contributed by atoms with Crippen molar-refractivity contribution in [2.45, 2.75) is 475 Å². The van der Waals surface area contributed by atoms with Crippen LogP contribution in [0.4, 0.5) is 0 Å². The zero-order valence-corrected chi connectivity index (χ0v) is 60.0. The maximum atomic E-state index is 12.6. The second-order valence-corrected chi connectivity index (χ2v) is 28.1. The molecule has 0 bridgehead atoms. The van der Waals surface area contributed by atoms with E-state index in [0.29, 0.717) is 25.9 Å². The predicted octanol–water partition coefficient (Wildman–Crippen LogP) is 26.8. The number of carbonyl (C=O) groups is 2. The smallest absolute Gasteiger partial charge is 0.305 e. The van der Waals surface area contributed by atoms with Crippen LogP contribution in [0.3, 0.4) is 0 Å². The molecule has 0 rings (SSSR count). The van der Waals surface area contributed by atoms with E-state index in [0.717, 1.165) is 44.9 Å². The summed E-state index contributed by atoms with van der Waals surface area (Å²) in [5.74, 6) is -0.00587. The van der Waals surface area contributed by atoms with E-state index in [1.54, 1.807) is 0 Å². The van der Waals surface area contributed by atoms with Gasteiger partial charge in [-0.1, -0.05) is 417 Å². The highest BCUT2D eigenvalue weighted by molar-refractivity contribution is 5.76. The van der Waals surface area contributed by atoms with E-state index in [-0.39, 0.29) is 18.5 Å². The molecule has 0 radical (unpaired) electrons. The molecule has 0 aliphatic heterocycles. The van der Waals surface area contributed by atoms with Gasteiger partial charge in [-0.3, -0.25) is 9.59 Å². The summed E-state index contributed by atoms with van der Waals surface area (Å²) in [6.07, 6.45) is 99.9. The number of hydrogen-bond acceptors (Lipinski definition) is 5. The summed E-state index contributed by atoms with van der Waals surface area (Å²) < 4.78 is 5.51. The molecule has 0 aliphatic carbocycles. The number of aliphatic hydroxyl groups is 2. The minimum absolute atomic E-state index is 0.0218. The van der Waals surface area contributed by atoms with Gasteiger partial charge in [0.25, 0.3) is 0 Å². The molecule has 0 saturated carbocycles. The van der Waals surface area contributed by atoms with Crippen molar-refractivity contribution in [1.29, 1.82) is 0 Å². The topological polar surface area (TPSA) is 95.9 Å². The Labute approximate surface area is 551 Å². The molecule has 0 fully saturated rings. The van der Waals surface area contributed by atoms with Gasteiger partial charge < -0.3 is 20.3 Å². The summed E-state index contributed by atoms with van der Waals surface area (Å²) in [4.78, 5) is 24.7. The van der Waals surface area contributed by atoms with Gasteiger partial charge in [-0.15, -0.1) is 0 Å². The third-order valence-electron chi connectivity index (χ3n) is 19.3. The fraction of sp³-hybridized carbons (Fsp3) is 0.927. The molecular formula is C82H159NO5. The zero-order valence-electron chi connectivity index (χ0n) is 60.0. The fourth-order valence-electron chi connectivity index (χ4n) is 13.1. The van der Waals surface area contributed by atoms with Crippen molar-refractivity contribution in [2.24, 2.45) is 0 Å². The van der Waals surface area contributed by atoms with Crippen LogP contribution < -0.4 is 5.32 Å². The number of aliphatic hydroxyl groups excluding tert-OH is 2. The molecule has 522 valence electrons. The summed E-state index contributed by atoms with van der Waals surface area (Å²) in [7, 11) is 0. The number of amides is 1. The second kappa shape index (κ2) is 77.8. The highest BCUT2D eigenvalue weighted by atomic mass is 16.5. The predicted molar refractivity (Wildman–Crippen MR) is 389 cm³/mol. The van der Waals surface area contributed by atoms with Crippen LogP contribution in [0.25, 0.3) is 0 Å². The molecule has 1 amide bonds. The van der Waals surface area contributed by atoms with E-state index in [2.05, 4.69) is 43.5 Å². The van der Waals surface area contributed by atoms with Gasteiger partial charge in [-0.2, -0.15) is 0 Å². The van der Waals surface area contributed by atoms with Crippen molar-refractivity contribution in [1.82, 2.24) is 5.32 Å². The van der Waals surface area contributed by atoms with Crippen LogP contribution in [0.2, 0.25) is 0 Å². The third-order valence-corrected chi connectivity index (χ3v) is 19.3. The highest BCUT2D eigenvalue weighted by Gasteiger charge is 2.20. The van der Waals surface area contributed by atoms with Crippen molar-refractivity contribution in [3.63, 3.8) is 0 Å². The van der Waals surface area contributed by atoms with E-state index in [9.17, 15) is 19.8 Å². The molecule has 6 nitrogen and oxygen atoms in total. The van der Waals surface area contributed by atoms with Crippen LogP contribution in [0.1, 0.15) is 463 Å². The van der Waals surface area contributed by atoms with Crippen LogP contribution in [0.15, 0.2) is 24.3 Å². The number of allylic oxidation sites excluding steroid dienone is 4. The molecule has 2 unspecified atom stereocenters. The fourth-order valence-corrected chi connectivity index (χ4v) is 13.1. The minimum atomic E-state index is -0.663. The summed E-state index contributed by atoms with van der Waals surface area (Å²) in [6.45, 7) is 5.01. The number of carbonyl (C=O) groups excluding carboxylic acids is 2. The highest BCUT2D eigenvalue weighted by Crippen LogP contribution is 2.20. The largest absolute Gasteiger partial charge is 0.466 e. The lowest BCUT2D eigenvalue weighted by atomic mass is 10.0. The molecule has 0 aromatic rings. The molecule has 2 atom stereocenters. The number of unbranched alkanes of at least 4 members (excludes halogenated alkanes) is 62. The average Bonchev–Trinajstić information content (AvgIpc) is 3.58. The molecule has 0 aliphatic rings. The Morgan fingerprint density at radius 3 is 0.864 bits per heavy atom. The van der Waals surface area contributed by atoms with Crippen molar-refractivity contribution in [3.05, 3.63) is 24.3 Å². The quantitative estimate of drug-likeness (QED) is 0.0320. The Balaban J connectivity index is 3.35. The van der Waals surface area contributed by atoms with Crippen LogP contribution >= 0.6 is 0 Å². The standard InChI is InChI=1S/C82H159NO5/c1-3-5-7-9-11-13-15-17-19-21-39-43-46-50-54-58-62-66-70-74-80(85)79(78-84)83-81(86)75-71-67-63-59-55-51-47-44-40-37-35-33-31-29-27-25-23-22-24-26-28-30-32-34-36-38-41-45-49-53-57-61-65-69-73-77-88-82(87)76-72-68-64-60-56-52-48-42-20-18-16-14-12-10-8-6-4-2/h24,26,30,32,79-80,84-85H,3-23,25,27-29,31,33-78H2,1-2H3,(H,83,86)/b26-24-,32-30-. The molecule has 0 heterocycles. The van der Waals surface area contributed by atoms with Crippen LogP contribution in [-0.4, -0.2) is 47.4 Å². The summed E-state index contributed by atoms with van der Waals surface area (Å²) >= 11 is 0. The number of hydrogen-bond donors (Lipinski definition) is 3. The van der Waals surface area contributed by atoms with Crippen molar-refractivity contribution < 1.29 is 24.5 Å². The van der Waals surface area contributed by atoms with Gasteiger partial charge >= 0.3 is 5.97 Å². The maximum Gasteiger partial charge on any atom is 0.305 e. The Morgan fingerprint density at radius 2 is 0.568 bits per heavy atom. The first-order valence-electron chi connectivity index (χ1n) is 40.6. The van der Waals surface area contributed by atoms with E-state index < -0.39 is 12.1 Å². The first kappa shape index (κ1) is 86.3. The Kier molecular flexibility index (Phi) is 76.3.